The monoisotopic (exact) mass is 424 g/mol. The van der Waals surface area contributed by atoms with Crippen LogP contribution in [0.1, 0.15) is 37.3 Å². The number of hydrogen-bond acceptors (Lipinski definition) is 5. The molecule has 5 rings (SSSR count). The number of carbonyl (C=O) groups excluding carboxylic acids is 2. The van der Waals surface area contributed by atoms with Crippen molar-refractivity contribution >= 4 is 29.1 Å². The summed E-state index contributed by atoms with van der Waals surface area (Å²) >= 11 is 6.00. The Bertz CT molecular complexity index is 1030. The van der Waals surface area contributed by atoms with E-state index in [9.17, 15) is 9.59 Å². The molecule has 1 saturated carbocycles. The van der Waals surface area contributed by atoms with Crippen molar-refractivity contribution in [3.8, 4) is 5.75 Å². The predicted octanol–water partition coefficient (Wildman–Crippen LogP) is 4.24. The number of halogens is 1. The lowest BCUT2D eigenvalue weighted by atomic mass is 9.77. The lowest BCUT2D eigenvalue weighted by Crippen LogP contribution is -2.39. The topological polar surface area (TPSA) is 68.7 Å². The van der Waals surface area contributed by atoms with Gasteiger partial charge in [-0.1, -0.05) is 30.2 Å². The van der Waals surface area contributed by atoms with Gasteiger partial charge in [0.15, 0.2) is 11.5 Å². The van der Waals surface area contributed by atoms with Crippen LogP contribution in [0.5, 0.6) is 5.75 Å². The second-order valence-corrected chi connectivity index (χ2v) is 8.28. The molecule has 3 unspecified atom stereocenters. The maximum atomic E-state index is 13.5. The first kappa shape index (κ1) is 19.1. The van der Waals surface area contributed by atoms with E-state index in [1.165, 1.54) is 11.1 Å². The van der Waals surface area contributed by atoms with E-state index in [2.05, 4.69) is 4.98 Å². The van der Waals surface area contributed by atoms with Gasteiger partial charge in [0, 0.05) is 6.20 Å². The first-order chi connectivity index (χ1) is 14.6. The third-order valence-electron chi connectivity index (χ3n) is 6.15. The predicted molar refractivity (Wildman–Crippen MR) is 111 cm³/mol. The lowest BCUT2D eigenvalue weighted by molar-refractivity contribution is -0.131. The first-order valence-electron chi connectivity index (χ1n) is 10.1. The molecule has 6 nitrogen and oxygen atoms in total. The normalized spacial score (nSPS) is 25.7. The van der Waals surface area contributed by atoms with E-state index in [-0.39, 0.29) is 29.5 Å². The number of hydrogen-bond donors (Lipinski definition) is 0. The molecule has 3 heterocycles. The zero-order valence-corrected chi connectivity index (χ0v) is 17.3. The van der Waals surface area contributed by atoms with Crippen molar-refractivity contribution in [1.29, 1.82) is 0 Å². The van der Waals surface area contributed by atoms with E-state index in [0.717, 1.165) is 31.2 Å². The minimum absolute atomic E-state index is 0.0200. The van der Waals surface area contributed by atoms with Gasteiger partial charge in [0.05, 0.1) is 29.7 Å². The SMILES string of the molecule is COc1ccc(C2C3=C(OC4CCCCC4C3=O)C(=O)N2c2ccc(Cl)cn2)cc1. The van der Waals surface area contributed by atoms with E-state index < -0.39 is 6.04 Å². The number of Topliss-reactive ketones (excluding diaryl/α,β-unsaturated/α-hetero) is 1. The third-order valence-corrected chi connectivity index (χ3v) is 6.38. The second kappa shape index (κ2) is 7.43. The van der Waals surface area contributed by atoms with E-state index in [0.29, 0.717) is 22.2 Å². The Labute approximate surface area is 179 Å². The Hall–Kier alpha value is -2.86. The number of carbonyl (C=O) groups is 2. The number of anilines is 1. The highest BCUT2D eigenvalue weighted by Crippen LogP contribution is 2.48. The molecule has 0 saturated heterocycles. The maximum Gasteiger partial charge on any atom is 0.295 e. The van der Waals surface area contributed by atoms with Crippen molar-refractivity contribution in [1.82, 2.24) is 4.98 Å². The van der Waals surface area contributed by atoms with Gasteiger partial charge in [-0.05, 0) is 49.1 Å². The van der Waals surface area contributed by atoms with E-state index >= 15 is 0 Å². The Morgan fingerprint density at radius 1 is 1.10 bits per heavy atom. The second-order valence-electron chi connectivity index (χ2n) is 7.84. The zero-order valence-electron chi connectivity index (χ0n) is 16.5. The number of rotatable bonds is 3. The molecule has 154 valence electrons. The molecule has 2 aliphatic heterocycles. The number of pyridine rings is 1. The van der Waals surface area contributed by atoms with Gasteiger partial charge in [-0.2, -0.15) is 0 Å². The van der Waals surface area contributed by atoms with Crippen molar-refractivity contribution in [2.24, 2.45) is 5.92 Å². The Morgan fingerprint density at radius 2 is 1.87 bits per heavy atom. The molecule has 3 aliphatic rings. The lowest BCUT2D eigenvalue weighted by Gasteiger charge is -2.35. The maximum absolute atomic E-state index is 13.5. The highest BCUT2D eigenvalue weighted by molar-refractivity contribution is 6.30. The van der Waals surface area contributed by atoms with Crippen molar-refractivity contribution < 1.29 is 19.1 Å². The molecule has 0 bridgehead atoms. The van der Waals surface area contributed by atoms with Crippen LogP contribution in [0.15, 0.2) is 53.9 Å². The number of ether oxygens (including phenoxy) is 2. The van der Waals surface area contributed by atoms with Crippen LogP contribution in [0, 0.1) is 5.92 Å². The van der Waals surface area contributed by atoms with Gasteiger partial charge in [-0.3, -0.25) is 14.5 Å². The van der Waals surface area contributed by atoms with Gasteiger partial charge < -0.3 is 9.47 Å². The summed E-state index contributed by atoms with van der Waals surface area (Å²) in [7, 11) is 1.60. The van der Waals surface area contributed by atoms with E-state index in [4.69, 9.17) is 21.1 Å². The summed E-state index contributed by atoms with van der Waals surface area (Å²) in [5.41, 5.74) is 1.24. The number of benzene rings is 1. The summed E-state index contributed by atoms with van der Waals surface area (Å²) in [6.45, 7) is 0. The molecular weight excluding hydrogens is 404 g/mol. The third kappa shape index (κ3) is 2.98. The van der Waals surface area contributed by atoms with E-state index in [1.807, 2.05) is 24.3 Å². The van der Waals surface area contributed by atoms with Gasteiger partial charge in [0.1, 0.15) is 17.7 Å². The van der Waals surface area contributed by atoms with Crippen LogP contribution >= 0.6 is 11.6 Å². The van der Waals surface area contributed by atoms with Crippen LogP contribution in [0.25, 0.3) is 0 Å². The minimum Gasteiger partial charge on any atom is -0.497 e. The van der Waals surface area contributed by atoms with Crippen LogP contribution in [0.2, 0.25) is 5.02 Å². The van der Waals surface area contributed by atoms with Gasteiger partial charge in [-0.25, -0.2) is 4.98 Å². The molecule has 2 aromatic rings. The van der Waals surface area contributed by atoms with Crippen molar-refractivity contribution in [2.45, 2.75) is 37.8 Å². The Balaban J connectivity index is 1.64. The smallest absolute Gasteiger partial charge is 0.295 e. The molecule has 0 radical (unpaired) electrons. The molecule has 1 fully saturated rings. The molecule has 1 aliphatic carbocycles. The molecule has 30 heavy (non-hydrogen) atoms. The summed E-state index contributed by atoms with van der Waals surface area (Å²) in [6, 6.07) is 10.2. The Morgan fingerprint density at radius 3 is 2.57 bits per heavy atom. The van der Waals surface area contributed by atoms with Gasteiger partial charge in [-0.15, -0.1) is 0 Å². The quantitative estimate of drug-likeness (QED) is 0.737. The summed E-state index contributed by atoms with van der Waals surface area (Å²) in [5, 5.41) is 0.475. The molecule has 7 heteroatoms. The average molecular weight is 425 g/mol. The number of ketones is 1. The van der Waals surface area contributed by atoms with Crippen LogP contribution in [-0.4, -0.2) is 29.9 Å². The van der Waals surface area contributed by atoms with Crippen LogP contribution in [-0.2, 0) is 14.3 Å². The standard InChI is InChI=1S/C23H21ClN2O4/c1-29-15-9-6-13(7-10-15)20-19-21(27)16-4-2-3-5-17(16)30-22(19)23(28)26(20)18-11-8-14(24)12-25-18/h6-12,16-17,20H,2-5H2,1H3. The summed E-state index contributed by atoms with van der Waals surface area (Å²) in [5.74, 6) is 0.792. The van der Waals surface area contributed by atoms with E-state index in [1.54, 1.807) is 19.2 Å². The number of amides is 1. The molecule has 1 aromatic heterocycles. The highest BCUT2D eigenvalue weighted by atomic mass is 35.5. The minimum atomic E-state index is -0.595. The number of fused-ring (bicyclic) bond motifs is 1. The highest BCUT2D eigenvalue weighted by Gasteiger charge is 2.52. The van der Waals surface area contributed by atoms with Crippen molar-refractivity contribution in [3.63, 3.8) is 0 Å². The van der Waals surface area contributed by atoms with Crippen molar-refractivity contribution in [3.05, 3.63) is 64.5 Å². The molecule has 1 amide bonds. The fraction of sp³-hybridized carbons (Fsp3) is 0.348. The number of nitrogens with zero attached hydrogens (tertiary/aromatic N) is 2. The fourth-order valence-corrected chi connectivity index (χ4v) is 4.81. The molecule has 3 atom stereocenters. The van der Waals surface area contributed by atoms with Crippen LogP contribution in [0.4, 0.5) is 5.82 Å². The summed E-state index contributed by atoms with van der Waals surface area (Å²) < 4.78 is 11.4. The Kier molecular flexibility index (Phi) is 4.74. The van der Waals surface area contributed by atoms with Crippen LogP contribution in [0.3, 0.4) is 0 Å². The molecule has 1 aromatic carbocycles. The van der Waals surface area contributed by atoms with Crippen LogP contribution < -0.4 is 9.64 Å². The fourth-order valence-electron chi connectivity index (χ4n) is 4.69. The van der Waals surface area contributed by atoms with Gasteiger partial charge in [0.2, 0.25) is 0 Å². The number of methoxy groups -OCH3 is 1. The number of aromatic nitrogens is 1. The average Bonchev–Trinajstić information content (AvgIpc) is 3.07. The first-order valence-corrected chi connectivity index (χ1v) is 10.5. The largest absolute Gasteiger partial charge is 0.497 e. The molecule has 0 N–H and O–H groups in total. The summed E-state index contributed by atoms with van der Waals surface area (Å²) in [4.78, 5) is 32.9. The van der Waals surface area contributed by atoms with Gasteiger partial charge >= 0.3 is 0 Å². The molecule has 0 spiro atoms. The molecular formula is C23H21ClN2O4. The summed E-state index contributed by atoms with van der Waals surface area (Å²) in [6.07, 6.45) is 4.88. The van der Waals surface area contributed by atoms with Gasteiger partial charge in [0.25, 0.3) is 5.91 Å². The van der Waals surface area contributed by atoms with Crippen molar-refractivity contribution in [2.75, 3.05) is 12.0 Å². The zero-order chi connectivity index (χ0) is 20.8.